The maximum absolute atomic E-state index is 11.8. The molecule has 134 valence electrons. The Labute approximate surface area is 159 Å². The molecule has 0 aromatic heterocycles. The van der Waals surface area contributed by atoms with Crippen LogP contribution in [0.15, 0.2) is 56.9 Å². The van der Waals surface area contributed by atoms with E-state index in [1.807, 2.05) is 42.5 Å². The Hall–Kier alpha value is -2.67. The number of nitrogens with zero attached hydrogens (tertiary/aromatic N) is 2. The van der Waals surface area contributed by atoms with Gasteiger partial charge in [0.05, 0.1) is 32.0 Å². The zero-order valence-corrected chi connectivity index (χ0v) is 16.0. The van der Waals surface area contributed by atoms with Crippen LogP contribution >= 0.6 is 15.9 Å². The van der Waals surface area contributed by atoms with Gasteiger partial charge >= 0.3 is 5.97 Å². The predicted octanol–water partition coefficient (Wildman–Crippen LogP) is 3.23. The average Bonchev–Trinajstić information content (AvgIpc) is 2.78. The minimum absolute atomic E-state index is 0.0248. The van der Waals surface area contributed by atoms with Crippen molar-refractivity contribution in [2.45, 2.75) is 12.5 Å². The fourth-order valence-electron chi connectivity index (χ4n) is 2.66. The second-order valence-electron chi connectivity index (χ2n) is 5.70. The van der Waals surface area contributed by atoms with Crippen molar-refractivity contribution in [3.05, 3.63) is 58.1 Å². The number of hydrogen-bond donors (Lipinski definition) is 1. The van der Waals surface area contributed by atoms with E-state index < -0.39 is 12.0 Å². The Balaban J connectivity index is 2.17. The molecule has 6 nitrogen and oxygen atoms in total. The van der Waals surface area contributed by atoms with Gasteiger partial charge in [0.25, 0.3) is 0 Å². The Morgan fingerprint density at radius 2 is 1.92 bits per heavy atom. The summed E-state index contributed by atoms with van der Waals surface area (Å²) in [6.45, 7) is 0. The molecule has 26 heavy (non-hydrogen) atoms. The molecular formula is C19H18BrN3O3. The first-order valence-electron chi connectivity index (χ1n) is 7.95. The molecule has 0 aliphatic carbocycles. The monoisotopic (exact) mass is 415 g/mol. The largest absolute Gasteiger partial charge is 0.497 e. The van der Waals surface area contributed by atoms with Crippen LogP contribution in [-0.4, -0.2) is 37.8 Å². The number of carbonyl (C=O) groups excluding carboxylic acids is 1. The third-order valence-corrected chi connectivity index (χ3v) is 4.57. The van der Waals surface area contributed by atoms with Gasteiger partial charge in [-0.05, 0) is 30.3 Å². The molecule has 3 rings (SSSR count). The van der Waals surface area contributed by atoms with Crippen LogP contribution in [0.5, 0.6) is 5.75 Å². The van der Waals surface area contributed by atoms with Crippen molar-refractivity contribution in [3.8, 4) is 5.75 Å². The van der Waals surface area contributed by atoms with Crippen molar-refractivity contribution >= 4 is 39.1 Å². The number of aliphatic imine (C=N–C) groups is 2. The van der Waals surface area contributed by atoms with Crippen LogP contribution in [0.2, 0.25) is 0 Å². The smallest absolute Gasteiger partial charge is 0.308 e. The van der Waals surface area contributed by atoms with E-state index in [0.717, 1.165) is 15.6 Å². The fourth-order valence-corrected chi connectivity index (χ4v) is 2.93. The summed E-state index contributed by atoms with van der Waals surface area (Å²) in [6.07, 6.45) is 0.0248. The number of amidine groups is 1. The van der Waals surface area contributed by atoms with Gasteiger partial charge in [0.15, 0.2) is 0 Å². The van der Waals surface area contributed by atoms with E-state index >= 15 is 0 Å². The van der Waals surface area contributed by atoms with Crippen LogP contribution in [0.1, 0.15) is 17.5 Å². The van der Waals surface area contributed by atoms with Gasteiger partial charge in [-0.3, -0.25) is 9.79 Å². The van der Waals surface area contributed by atoms with Crippen LogP contribution in [0.25, 0.3) is 0 Å². The number of fused-ring (bicyclic) bond motifs is 1. The molecule has 0 saturated carbocycles. The molecule has 0 bridgehead atoms. The second-order valence-corrected chi connectivity index (χ2v) is 6.62. The van der Waals surface area contributed by atoms with Gasteiger partial charge < -0.3 is 15.2 Å². The molecule has 2 N–H and O–H groups in total. The Kier molecular flexibility index (Phi) is 5.37. The van der Waals surface area contributed by atoms with E-state index in [4.69, 9.17) is 20.2 Å². The summed E-state index contributed by atoms with van der Waals surface area (Å²) < 4.78 is 11.1. The maximum Gasteiger partial charge on any atom is 0.308 e. The Morgan fingerprint density at radius 3 is 2.58 bits per heavy atom. The van der Waals surface area contributed by atoms with Gasteiger partial charge in [-0.2, -0.15) is 0 Å². The second kappa shape index (κ2) is 7.70. The lowest BCUT2D eigenvalue weighted by atomic mass is 10.00. The third-order valence-electron chi connectivity index (χ3n) is 4.04. The summed E-state index contributed by atoms with van der Waals surface area (Å²) in [5.74, 6) is 0.568. The zero-order valence-electron chi connectivity index (χ0n) is 14.4. The molecule has 7 heteroatoms. The normalized spacial score (nSPS) is 16.0. The minimum Gasteiger partial charge on any atom is -0.497 e. The van der Waals surface area contributed by atoms with E-state index in [0.29, 0.717) is 17.1 Å². The van der Waals surface area contributed by atoms with Gasteiger partial charge in [0.1, 0.15) is 17.6 Å². The molecule has 1 atom stereocenters. The molecule has 2 aromatic carbocycles. The summed E-state index contributed by atoms with van der Waals surface area (Å²) >= 11 is 3.44. The molecule has 0 amide bonds. The number of hydrogen-bond acceptors (Lipinski definition) is 6. The summed E-state index contributed by atoms with van der Waals surface area (Å²) in [5, 5.41) is 0. The number of ether oxygens (including phenoxy) is 2. The lowest BCUT2D eigenvalue weighted by molar-refractivity contribution is -0.140. The summed E-state index contributed by atoms with van der Waals surface area (Å²) in [7, 11) is 2.94. The Bertz CT molecular complexity index is 891. The molecule has 0 unspecified atom stereocenters. The van der Waals surface area contributed by atoms with E-state index in [2.05, 4.69) is 20.9 Å². The summed E-state index contributed by atoms with van der Waals surface area (Å²) in [5.41, 5.74) is 9.19. The Morgan fingerprint density at radius 1 is 1.19 bits per heavy atom. The SMILES string of the molecule is COC(=O)C[C@@H]1N=C(c2ccc(Br)cc2)c2cc(OC)ccc2N=C1N. The topological polar surface area (TPSA) is 86.3 Å². The van der Waals surface area contributed by atoms with Crippen LogP contribution in [0.3, 0.4) is 0 Å². The lowest BCUT2D eigenvalue weighted by Gasteiger charge is -2.12. The number of nitrogens with two attached hydrogens (primary N) is 1. The van der Waals surface area contributed by atoms with E-state index in [9.17, 15) is 4.79 Å². The number of halogens is 1. The molecular weight excluding hydrogens is 398 g/mol. The highest BCUT2D eigenvalue weighted by molar-refractivity contribution is 9.10. The molecule has 2 aromatic rings. The molecule has 0 spiro atoms. The van der Waals surface area contributed by atoms with E-state index in [-0.39, 0.29) is 12.3 Å². The van der Waals surface area contributed by atoms with Crippen molar-refractivity contribution < 1.29 is 14.3 Å². The van der Waals surface area contributed by atoms with Crippen molar-refractivity contribution in [2.75, 3.05) is 14.2 Å². The van der Waals surface area contributed by atoms with Crippen molar-refractivity contribution in [2.24, 2.45) is 15.7 Å². The van der Waals surface area contributed by atoms with E-state index in [1.54, 1.807) is 7.11 Å². The van der Waals surface area contributed by atoms with Gasteiger partial charge in [-0.15, -0.1) is 0 Å². The number of esters is 1. The van der Waals surface area contributed by atoms with Crippen LogP contribution in [0, 0.1) is 0 Å². The molecule has 0 radical (unpaired) electrons. The van der Waals surface area contributed by atoms with Crippen LogP contribution in [-0.2, 0) is 9.53 Å². The summed E-state index contributed by atoms with van der Waals surface area (Å²) in [6, 6.07) is 12.7. The first kappa shape index (κ1) is 18.1. The maximum atomic E-state index is 11.8. The summed E-state index contributed by atoms with van der Waals surface area (Å²) in [4.78, 5) is 21.0. The number of carbonyl (C=O) groups is 1. The van der Waals surface area contributed by atoms with Gasteiger partial charge in [0, 0.05) is 15.6 Å². The standard InChI is InChI=1S/C19H18BrN3O3/c1-25-13-7-8-15-14(9-13)18(11-3-5-12(20)6-4-11)22-16(19(21)23-15)10-17(24)26-2/h3-9,16H,10H2,1-2H3,(H2,21,23)/t16-/m0/s1. The molecule has 1 heterocycles. The third kappa shape index (κ3) is 3.77. The predicted molar refractivity (Wildman–Crippen MR) is 104 cm³/mol. The van der Waals surface area contributed by atoms with Crippen LogP contribution < -0.4 is 10.5 Å². The van der Waals surface area contributed by atoms with Crippen molar-refractivity contribution in [1.82, 2.24) is 0 Å². The fraction of sp³-hybridized carbons (Fsp3) is 0.211. The minimum atomic E-state index is -0.598. The quantitative estimate of drug-likeness (QED) is 0.776. The van der Waals surface area contributed by atoms with Gasteiger partial charge in [-0.1, -0.05) is 28.1 Å². The van der Waals surface area contributed by atoms with Crippen molar-refractivity contribution in [1.29, 1.82) is 0 Å². The van der Waals surface area contributed by atoms with E-state index in [1.165, 1.54) is 7.11 Å². The van der Waals surface area contributed by atoms with Crippen LogP contribution in [0.4, 0.5) is 5.69 Å². The lowest BCUT2D eigenvalue weighted by Crippen LogP contribution is -2.30. The molecule has 1 aliphatic rings. The average molecular weight is 416 g/mol. The highest BCUT2D eigenvalue weighted by atomic mass is 79.9. The first-order valence-corrected chi connectivity index (χ1v) is 8.74. The molecule has 0 saturated heterocycles. The number of rotatable bonds is 4. The van der Waals surface area contributed by atoms with Gasteiger partial charge in [-0.25, -0.2) is 4.99 Å². The number of benzene rings is 2. The first-order chi connectivity index (χ1) is 12.5. The highest BCUT2D eigenvalue weighted by Crippen LogP contribution is 2.30. The van der Waals surface area contributed by atoms with Crippen molar-refractivity contribution in [3.63, 3.8) is 0 Å². The zero-order chi connectivity index (χ0) is 18.7. The molecule has 1 aliphatic heterocycles. The number of methoxy groups -OCH3 is 2. The molecule has 0 fully saturated rings. The van der Waals surface area contributed by atoms with Gasteiger partial charge in [0.2, 0.25) is 0 Å². The highest BCUT2D eigenvalue weighted by Gasteiger charge is 2.24.